The van der Waals surface area contributed by atoms with Crippen molar-refractivity contribution in [2.24, 2.45) is 5.92 Å². The minimum absolute atomic E-state index is 0.105. The van der Waals surface area contributed by atoms with Gasteiger partial charge in [-0.15, -0.1) is 0 Å². The van der Waals surface area contributed by atoms with Gasteiger partial charge in [-0.3, -0.25) is 14.4 Å². The summed E-state index contributed by atoms with van der Waals surface area (Å²) in [6, 6.07) is -1.47. The molecule has 8 nitrogen and oxygen atoms in total. The number of nitrogens with one attached hydrogen (secondary N) is 2. The third kappa shape index (κ3) is 3.21. The van der Waals surface area contributed by atoms with Crippen molar-refractivity contribution in [3.63, 3.8) is 0 Å². The van der Waals surface area contributed by atoms with E-state index in [4.69, 9.17) is 5.11 Å². The van der Waals surface area contributed by atoms with Crippen LogP contribution in [0.3, 0.4) is 0 Å². The maximum Gasteiger partial charge on any atom is 0.325 e. The van der Waals surface area contributed by atoms with Gasteiger partial charge in [0, 0.05) is 6.04 Å². The second kappa shape index (κ2) is 6.65. The maximum atomic E-state index is 12.7. The molecule has 0 aromatic rings. The van der Waals surface area contributed by atoms with Crippen LogP contribution < -0.4 is 10.6 Å². The Balaban J connectivity index is 1.58. The van der Waals surface area contributed by atoms with Crippen molar-refractivity contribution in [2.75, 3.05) is 0 Å². The number of amides is 4. The highest BCUT2D eigenvalue weighted by molar-refractivity contribution is 6.10. The molecule has 8 heteroatoms. The van der Waals surface area contributed by atoms with Crippen LogP contribution in [0.15, 0.2) is 0 Å². The summed E-state index contributed by atoms with van der Waals surface area (Å²) in [5.41, 5.74) is -0.814. The summed E-state index contributed by atoms with van der Waals surface area (Å²) in [6.45, 7) is 1.56. The number of hydrogen-bond donors (Lipinski definition) is 3. The molecule has 0 aromatic heterocycles. The van der Waals surface area contributed by atoms with E-state index >= 15 is 0 Å². The Morgan fingerprint density at radius 2 is 1.80 bits per heavy atom. The van der Waals surface area contributed by atoms with E-state index in [-0.39, 0.29) is 23.8 Å². The summed E-state index contributed by atoms with van der Waals surface area (Å²) < 4.78 is 0. The van der Waals surface area contributed by atoms with Crippen molar-refractivity contribution in [3.05, 3.63) is 0 Å². The normalized spacial score (nSPS) is 29.6. The third-order valence-electron chi connectivity index (χ3n) is 5.84. The Morgan fingerprint density at radius 1 is 1.20 bits per heavy atom. The zero-order valence-electron chi connectivity index (χ0n) is 14.4. The minimum atomic E-state index is -0.871. The topological polar surface area (TPSA) is 116 Å². The average molecular weight is 351 g/mol. The van der Waals surface area contributed by atoms with Crippen LogP contribution in [0.5, 0.6) is 0 Å². The fourth-order valence-corrected chi connectivity index (χ4v) is 4.23. The zero-order chi connectivity index (χ0) is 18.2. The quantitative estimate of drug-likeness (QED) is 0.654. The zero-order valence-corrected chi connectivity index (χ0v) is 14.4. The lowest BCUT2D eigenvalue weighted by Crippen LogP contribution is -2.52. The van der Waals surface area contributed by atoms with E-state index < -0.39 is 23.6 Å². The predicted octanol–water partition coefficient (Wildman–Crippen LogP) is 0.999. The first-order valence-corrected chi connectivity index (χ1v) is 9.03. The minimum Gasteiger partial charge on any atom is -0.481 e. The van der Waals surface area contributed by atoms with Crippen molar-refractivity contribution in [3.8, 4) is 0 Å². The van der Waals surface area contributed by atoms with Gasteiger partial charge in [-0.2, -0.15) is 0 Å². The van der Waals surface area contributed by atoms with Crippen LogP contribution in [-0.4, -0.2) is 51.4 Å². The molecule has 3 fully saturated rings. The number of urea groups is 1. The van der Waals surface area contributed by atoms with Crippen molar-refractivity contribution < 1.29 is 24.3 Å². The molecule has 3 aliphatic rings. The lowest BCUT2D eigenvalue weighted by atomic mass is 9.86. The molecule has 2 aliphatic carbocycles. The number of aliphatic carboxylic acids is 1. The number of nitrogens with zero attached hydrogens (tertiary/aromatic N) is 1. The summed E-state index contributed by atoms with van der Waals surface area (Å²) in [6.07, 6.45) is 5.30. The molecule has 4 amide bonds. The van der Waals surface area contributed by atoms with Crippen molar-refractivity contribution in [1.29, 1.82) is 0 Å². The number of carbonyl (C=O) groups is 4. The monoisotopic (exact) mass is 351 g/mol. The molecule has 1 heterocycles. The molecule has 0 bridgehead atoms. The first-order valence-electron chi connectivity index (χ1n) is 9.03. The fourth-order valence-electron chi connectivity index (χ4n) is 4.23. The molecule has 1 unspecified atom stereocenters. The predicted molar refractivity (Wildman–Crippen MR) is 87.6 cm³/mol. The van der Waals surface area contributed by atoms with Crippen LogP contribution in [0.2, 0.25) is 0 Å². The Hall–Kier alpha value is -2.12. The van der Waals surface area contributed by atoms with E-state index in [2.05, 4.69) is 10.6 Å². The molecule has 2 saturated carbocycles. The SMILES string of the molecule is CC(C(=O)NC1CCC(C(=O)O)CC1)N1C(=O)NC2(CCCC2)C1=O. The van der Waals surface area contributed by atoms with Crippen molar-refractivity contribution >= 4 is 23.8 Å². The van der Waals surface area contributed by atoms with Gasteiger partial charge in [0.15, 0.2) is 0 Å². The van der Waals surface area contributed by atoms with Gasteiger partial charge < -0.3 is 15.7 Å². The van der Waals surface area contributed by atoms with Crippen LogP contribution in [-0.2, 0) is 14.4 Å². The van der Waals surface area contributed by atoms with E-state index in [1.807, 2.05) is 0 Å². The Morgan fingerprint density at radius 3 is 2.36 bits per heavy atom. The molecule has 1 atom stereocenters. The molecule has 0 aromatic carbocycles. The van der Waals surface area contributed by atoms with E-state index in [1.54, 1.807) is 6.92 Å². The second-order valence-corrected chi connectivity index (χ2v) is 7.47. The summed E-state index contributed by atoms with van der Waals surface area (Å²) in [5, 5.41) is 14.7. The second-order valence-electron chi connectivity index (χ2n) is 7.47. The number of carbonyl (C=O) groups excluding carboxylic acids is 3. The Bertz CT molecular complexity index is 591. The van der Waals surface area contributed by atoms with Crippen molar-refractivity contribution in [1.82, 2.24) is 15.5 Å². The lowest BCUT2D eigenvalue weighted by molar-refractivity contribution is -0.143. The number of rotatable bonds is 4. The third-order valence-corrected chi connectivity index (χ3v) is 5.84. The highest BCUT2D eigenvalue weighted by Gasteiger charge is 2.54. The molecule has 1 saturated heterocycles. The van der Waals surface area contributed by atoms with Crippen molar-refractivity contribution in [2.45, 2.75) is 75.9 Å². The van der Waals surface area contributed by atoms with Crippen LogP contribution in [0.25, 0.3) is 0 Å². The van der Waals surface area contributed by atoms with Gasteiger partial charge in [0.1, 0.15) is 11.6 Å². The molecular formula is C17H25N3O5. The summed E-state index contributed by atoms with van der Waals surface area (Å²) >= 11 is 0. The van der Waals surface area contributed by atoms with Gasteiger partial charge in [0.05, 0.1) is 5.92 Å². The maximum absolute atomic E-state index is 12.7. The van der Waals surface area contributed by atoms with Crippen LogP contribution >= 0.6 is 0 Å². The molecule has 3 N–H and O–H groups in total. The van der Waals surface area contributed by atoms with Crippen LogP contribution in [0.4, 0.5) is 4.79 Å². The van der Waals surface area contributed by atoms with Gasteiger partial charge in [-0.05, 0) is 45.4 Å². The number of hydrogen-bond acceptors (Lipinski definition) is 4. The van der Waals surface area contributed by atoms with Crippen LogP contribution in [0, 0.1) is 5.92 Å². The molecule has 0 radical (unpaired) electrons. The first-order chi connectivity index (χ1) is 11.8. The number of carboxylic acid groups (broad SMARTS) is 1. The summed E-state index contributed by atoms with van der Waals surface area (Å²) in [7, 11) is 0. The standard InChI is InChI=1S/C17H25N3O5/c1-10(13(21)18-12-6-4-11(5-7-12)14(22)23)20-15(24)17(19-16(20)25)8-2-3-9-17/h10-12H,2-9H2,1H3,(H,18,21)(H,19,25)(H,22,23). The first kappa shape index (κ1) is 17.7. The molecular weight excluding hydrogens is 326 g/mol. The molecule has 3 rings (SSSR count). The van der Waals surface area contributed by atoms with Gasteiger partial charge in [-0.25, -0.2) is 9.69 Å². The molecule has 1 aliphatic heterocycles. The largest absolute Gasteiger partial charge is 0.481 e. The van der Waals surface area contributed by atoms with Gasteiger partial charge in [0.25, 0.3) is 5.91 Å². The fraction of sp³-hybridized carbons (Fsp3) is 0.765. The van der Waals surface area contributed by atoms with E-state index in [0.29, 0.717) is 38.5 Å². The van der Waals surface area contributed by atoms with E-state index in [1.165, 1.54) is 0 Å². The van der Waals surface area contributed by atoms with E-state index in [9.17, 15) is 19.2 Å². The van der Waals surface area contributed by atoms with Gasteiger partial charge in [0.2, 0.25) is 5.91 Å². The number of carboxylic acids is 1. The highest BCUT2D eigenvalue weighted by Crippen LogP contribution is 2.35. The highest BCUT2D eigenvalue weighted by atomic mass is 16.4. The smallest absolute Gasteiger partial charge is 0.325 e. The Labute approximate surface area is 146 Å². The number of imide groups is 1. The van der Waals surface area contributed by atoms with Gasteiger partial charge >= 0.3 is 12.0 Å². The summed E-state index contributed by atoms with van der Waals surface area (Å²) in [4.78, 5) is 49.5. The molecule has 25 heavy (non-hydrogen) atoms. The molecule has 1 spiro atoms. The lowest BCUT2D eigenvalue weighted by Gasteiger charge is -2.29. The van der Waals surface area contributed by atoms with Crippen LogP contribution in [0.1, 0.15) is 58.3 Å². The summed E-state index contributed by atoms with van der Waals surface area (Å²) in [5.74, 6) is -1.80. The average Bonchev–Trinajstić information content (AvgIpc) is 3.13. The Kier molecular flexibility index (Phi) is 4.71. The van der Waals surface area contributed by atoms with Gasteiger partial charge in [-0.1, -0.05) is 12.8 Å². The van der Waals surface area contributed by atoms with E-state index in [0.717, 1.165) is 17.7 Å². The molecule has 138 valence electrons.